The Labute approximate surface area is 189 Å². The van der Waals surface area contributed by atoms with Crippen LogP contribution >= 0.6 is 11.6 Å². The van der Waals surface area contributed by atoms with Gasteiger partial charge in [0.2, 0.25) is 0 Å². The van der Waals surface area contributed by atoms with Gasteiger partial charge in [-0.1, -0.05) is 23.7 Å². The van der Waals surface area contributed by atoms with E-state index in [2.05, 4.69) is 5.10 Å². The highest BCUT2D eigenvalue weighted by molar-refractivity contribution is 6.32. The van der Waals surface area contributed by atoms with Gasteiger partial charge in [-0.2, -0.15) is 5.10 Å². The zero-order valence-electron chi connectivity index (χ0n) is 17.1. The summed E-state index contributed by atoms with van der Waals surface area (Å²) in [6, 6.07) is 14.5. The van der Waals surface area contributed by atoms with Gasteiger partial charge in [0.05, 0.1) is 23.2 Å². The Morgan fingerprint density at radius 2 is 1.56 bits per heavy atom. The van der Waals surface area contributed by atoms with Crippen molar-refractivity contribution >= 4 is 23.4 Å². The lowest BCUT2D eigenvalue weighted by Crippen LogP contribution is -2.50. The van der Waals surface area contributed by atoms with Crippen molar-refractivity contribution in [3.63, 3.8) is 0 Å². The molecule has 0 atom stereocenters. The van der Waals surface area contributed by atoms with Gasteiger partial charge in [-0.05, 0) is 36.4 Å². The number of para-hydroxylation sites is 1. The lowest BCUT2D eigenvalue weighted by Gasteiger charge is -2.34. The Bertz CT molecular complexity index is 1240. The largest absolute Gasteiger partial charge is 0.459 e. The molecule has 4 aromatic rings. The average molecular weight is 450 g/mol. The maximum absolute atomic E-state index is 13.5. The molecule has 0 saturated carbocycles. The van der Waals surface area contributed by atoms with E-state index in [0.29, 0.717) is 54.0 Å². The van der Waals surface area contributed by atoms with Crippen molar-refractivity contribution in [2.45, 2.75) is 0 Å². The van der Waals surface area contributed by atoms with Crippen LogP contribution in [0.1, 0.15) is 20.9 Å². The first-order valence-corrected chi connectivity index (χ1v) is 10.6. The molecular weight excluding hydrogens is 430 g/mol. The summed E-state index contributed by atoms with van der Waals surface area (Å²) in [5.74, 6) is 0.613. The standard InChI is InChI=1S/C23H20ClN5O3/c24-18-6-1-2-7-19(18)29-21(26-9-3-4-10-26)17(16-25-29)22(30)27-11-13-28(14-12-27)23(31)20-8-5-15-32-20/h1-10,15-16H,11-14H2. The molecule has 5 rings (SSSR count). The van der Waals surface area contributed by atoms with Gasteiger partial charge in [-0.25, -0.2) is 4.68 Å². The number of hydrogen-bond donors (Lipinski definition) is 0. The lowest BCUT2D eigenvalue weighted by atomic mass is 10.2. The number of amides is 2. The number of halogens is 1. The molecule has 162 valence electrons. The maximum atomic E-state index is 13.5. The molecule has 1 saturated heterocycles. The van der Waals surface area contributed by atoms with Crippen LogP contribution in [-0.2, 0) is 0 Å². The van der Waals surface area contributed by atoms with Crippen molar-refractivity contribution in [3.05, 3.63) is 89.7 Å². The van der Waals surface area contributed by atoms with E-state index in [1.165, 1.54) is 6.26 Å². The minimum atomic E-state index is -0.165. The summed E-state index contributed by atoms with van der Waals surface area (Å²) in [4.78, 5) is 29.4. The minimum Gasteiger partial charge on any atom is -0.459 e. The Morgan fingerprint density at radius 1 is 0.875 bits per heavy atom. The van der Waals surface area contributed by atoms with E-state index in [4.69, 9.17) is 16.0 Å². The monoisotopic (exact) mass is 449 g/mol. The summed E-state index contributed by atoms with van der Waals surface area (Å²) in [6.45, 7) is 1.72. The van der Waals surface area contributed by atoms with Crippen LogP contribution in [0.3, 0.4) is 0 Å². The summed E-state index contributed by atoms with van der Waals surface area (Å²) in [7, 11) is 0. The smallest absolute Gasteiger partial charge is 0.289 e. The third-order valence-electron chi connectivity index (χ3n) is 5.49. The van der Waals surface area contributed by atoms with Crippen LogP contribution in [0.5, 0.6) is 0 Å². The zero-order chi connectivity index (χ0) is 22.1. The Hall–Kier alpha value is -3.78. The predicted molar refractivity (Wildman–Crippen MR) is 118 cm³/mol. The lowest BCUT2D eigenvalue weighted by molar-refractivity contribution is 0.0518. The quantitative estimate of drug-likeness (QED) is 0.477. The molecule has 32 heavy (non-hydrogen) atoms. The number of benzene rings is 1. The first-order valence-electron chi connectivity index (χ1n) is 10.2. The molecule has 0 N–H and O–H groups in total. The van der Waals surface area contributed by atoms with Crippen molar-refractivity contribution in [3.8, 4) is 11.5 Å². The highest BCUT2D eigenvalue weighted by Crippen LogP contribution is 2.26. The van der Waals surface area contributed by atoms with Crippen LogP contribution in [0.4, 0.5) is 0 Å². The highest BCUT2D eigenvalue weighted by Gasteiger charge is 2.29. The fourth-order valence-electron chi connectivity index (χ4n) is 3.86. The minimum absolute atomic E-state index is 0.142. The van der Waals surface area contributed by atoms with Crippen LogP contribution in [0.2, 0.25) is 5.02 Å². The molecule has 4 heterocycles. The molecule has 9 heteroatoms. The van der Waals surface area contributed by atoms with Crippen molar-refractivity contribution < 1.29 is 14.0 Å². The van der Waals surface area contributed by atoms with Crippen LogP contribution in [0.15, 0.2) is 77.8 Å². The second-order valence-electron chi connectivity index (χ2n) is 7.40. The molecule has 1 aliphatic rings. The number of rotatable bonds is 4. The molecule has 0 aliphatic carbocycles. The SMILES string of the molecule is O=C(c1ccco1)N1CCN(C(=O)c2cnn(-c3ccccc3Cl)c2-n2cccc2)CC1. The number of piperazine rings is 1. The van der Waals surface area contributed by atoms with Gasteiger partial charge in [-0.3, -0.25) is 9.59 Å². The summed E-state index contributed by atoms with van der Waals surface area (Å²) in [6.07, 6.45) is 6.77. The van der Waals surface area contributed by atoms with Gasteiger partial charge < -0.3 is 18.8 Å². The Morgan fingerprint density at radius 3 is 2.22 bits per heavy atom. The van der Waals surface area contributed by atoms with Crippen LogP contribution < -0.4 is 0 Å². The summed E-state index contributed by atoms with van der Waals surface area (Å²) >= 11 is 6.41. The first kappa shape index (κ1) is 20.1. The number of hydrogen-bond acceptors (Lipinski definition) is 4. The van der Waals surface area contributed by atoms with Gasteiger partial charge >= 0.3 is 0 Å². The van der Waals surface area contributed by atoms with Crippen molar-refractivity contribution in [1.29, 1.82) is 0 Å². The van der Waals surface area contributed by atoms with Crippen LogP contribution in [0, 0.1) is 0 Å². The normalized spacial score (nSPS) is 14.0. The van der Waals surface area contributed by atoms with Gasteiger partial charge in [-0.15, -0.1) is 0 Å². The van der Waals surface area contributed by atoms with E-state index in [9.17, 15) is 9.59 Å². The topological polar surface area (TPSA) is 76.5 Å². The zero-order valence-corrected chi connectivity index (χ0v) is 17.9. The molecule has 0 bridgehead atoms. The molecule has 3 aromatic heterocycles. The Kier molecular flexibility index (Phi) is 5.28. The van der Waals surface area contributed by atoms with E-state index < -0.39 is 0 Å². The first-order chi connectivity index (χ1) is 15.6. The van der Waals surface area contributed by atoms with E-state index >= 15 is 0 Å². The summed E-state index contributed by atoms with van der Waals surface area (Å²) in [5, 5.41) is 5.02. The van der Waals surface area contributed by atoms with Gasteiger partial charge in [0.25, 0.3) is 11.8 Å². The molecule has 2 amide bonds. The fraction of sp³-hybridized carbons (Fsp3) is 0.174. The molecule has 1 aromatic carbocycles. The van der Waals surface area contributed by atoms with E-state index in [1.54, 1.807) is 38.9 Å². The molecular formula is C23H20ClN5O3. The molecule has 0 spiro atoms. The molecule has 0 unspecified atom stereocenters. The third kappa shape index (κ3) is 3.58. The highest BCUT2D eigenvalue weighted by atomic mass is 35.5. The van der Waals surface area contributed by atoms with Crippen molar-refractivity contribution in [2.24, 2.45) is 0 Å². The summed E-state index contributed by atoms with van der Waals surface area (Å²) in [5.41, 5.74) is 1.15. The molecule has 1 fully saturated rings. The number of nitrogens with zero attached hydrogens (tertiary/aromatic N) is 5. The predicted octanol–water partition coefficient (Wildman–Crippen LogP) is 3.51. The van der Waals surface area contributed by atoms with Gasteiger partial charge in [0, 0.05) is 38.6 Å². The third-order valence-corrected chi connectivity index (χ3v) is 5.81. The maximum Gasteiger partial charge on any atom is 0.289 e. The Balaban J connectivity index is 1.41. The second-order valence-corrected chi connectivity index (χ2v) is 7.80. The van der Waals surface area contributed by atoms with E-state index in [0.717, 1.165) is 0 Å². The number of furan rings is 1. The average Bonchev–Trinajstić information content (AvgIpc) is 3.60. The van der Waals surface area contributed by atoms with Crippen molar-refractivity contribution in [1.82, 2.24) is 24.1 Å². The van der Waals surface area contributed by atoms with E-state index in [-0.39, 0.29) is 11.8 Å². The molecule has 8 nitrogen and oxygen atoms in total. The second kappa shape index (κ2) is 8.39. The number of carbonyl (C=O) groups excluding carboxylic acids is 2. The van der Waals surface area contributed by atoms with Gasteiger partial charge in [0.1, 0.15) is 5.56 Å². The summed E-state index contributed by atoms with van der Waals surface area (Å²) < 4.78 is 8.73. The molecule has 1 aliphatic heterocycles. The molecule has 0 radical (unpaired) electrons. The fourth-order valence-corrected chi connectivity index (χ4v) is 4.07. The number of carbonyl (C=O) groups is 2. The number of aromatic nitrogens is 3. The van der Waals surface area contributed by atoms with E-state index in [1.807, 2.05) is 47.3 Å². The van der Waals surface area contributed by atoms with Crippen LogP contribution in [0.25, 0.3) is 11.5 Å². The van der Waals surface area contributed by atoms with Crippen molar-refractivity contribution in [2.75, 3.05) is 26.2 Å². The van der Waals surface area contributed by atoms with Gasteiger partial charge in [0.15, 0.2) is 11.6 Å². The van der Waals surface area contributed by atoms with Crippen LogP contribution in [-0.4, -0.2) is 62.1 Å².